The molecule has 14 heavy (non-hydrogen) atoms. The van der Waals surface area contributed by atoms with Crippen LogP contribution in [-0.4, -0.2) is 20.7 Å². The van der Waals surface area contributed by atoms with Gasteiger partial charge in [0, 0.05) is 17.5 Å². The number of para-hydroxylation sites is 1. The van der Waals surface area contributed by atoms with E-state index in [0.29, 0.717) is 0 Å². The van der Waals surface area contributed by atoms with E-state index in [9.17, 15) is 0 Å². The molecule has 0 aliphatic carbocycles. The van der Waals surface area contributed by atoms with E-state index in [1.54, 1.807) is 7.11 Å². The summed E-state index contributed by atoms with van der Waals surface area (Å²) < 4.78 is 5.35. The van der Waals surface area contributed by atoms with Crippen LogP contribution in [0.15, 0.2) is 24.3 Å². The molecule has 0 heterocycles. The van der Waals surface area contributed by atoms with Crippen molar-refractivity contribution in [3.63, 3.8) is 0 Å². The lowest BCUT2D eigenvalue weighted by molar-refractivity contribution is 0.389. The number of benzene rings is 1. The van der Waals surface area contributed by atoms with Gasteiger partial charge in [-0.1, -0.05) is 32.0 Å². The zero-order valence-electron chi connectivity index (χ0n) is 9.42. The molecule has 0 unspecified atom stereocenters. The zero-order chi connectivity index (χ0) is 10.6. The van der Waals surface area contributed by atoms with Gasteiger partial charge in [0.1, 0.15) is 5.75 Å². The molecule has 1 rings (SSSR count). The van der Waals surface area contributed by atoms with Crippen LogP contribution in [0.3, 0.4) is 0 Å². The van der Waals surface area contributed by atoms with Gasteiger partial charge in [0.2, 0.25) is 0 Å². The van der Waals surface area contributed by atoms with E-state index in [2.05, 4.69) is 31.3 Å². The van der Waals surface area contributed by atoms with Gasteiger partial charge in [-0.15, -0.1) is 0 Å². The largest absolute Gasteiger partial charge is 0.496 e. The minimum Gasteiger partial charge on any atom is -0.496 e. The Labute approximate surface area is 86.3 Å². The highest BCUT2D eigenvalue weighted by Crippen LogP contribution is 2.30. The SMILES string of the molecule is CNCC(C)(C)c1ccccc1OC. The Kier molecular flexibility index (Phi) is 3.53. The lowest BCUT2D eigenvalue weighted by Crippen LogP contribution is -2.31. The van der Waals surface area contributed by atoms with Crippen LogP contribution in [-0.2, 0) is 5.41 Å². The Morgan fingerprint density at radius 2 is 1.93 bits per heavy atom. The Morgan fingerprint density at radius 3 is 2.50 bits per heavy atom. The van der Waals surface area contributed by atoms with Crippen molar-refractivity contribution < 1.29 is 4.74 Å². The minimum atomic E-state index is 0.0986. The first kappa shape index (κ1) is 11.1. The fourth-order valence-electron chi connectivity index (χ4n) is 1.74. The molecule has 0 fully saturated rings. The van der Waals surface area contributed by atoms with E-state index in [4.69, 9.17) is 4.74 Å². The molecule has 0 atom stereocenters. The summed E-state index contributed by atoms with van der Waals surface area (Å²) in [6.45, 7) is 5.36. The van der Waals surface area contributed by atoms with E-state index >= 15 is 0 Å². The summed E-state index contributed by atoms with van der Waals surface area (Å²) in [7, 11) is 3.69. The van der Waals surface area contributed by atoms with Gasteiger partial charge in [-0.2, -0.15) is 0 Å². The van der Waals surface area contributed by atoms with Crippen LogP contribution >= 0.6 is 0 Å². The number of hydrogen-bond acceptors (Lipinski definition) is 2. The lowest BCUT2D eigenvalue weighted by Gasteiger charge is -2.26. The van der Waals surface area contributed by atoms with Crippen molar-refractivity contribution in [2.75, 3.05) is 20.7 Å². The maximum atomic E-state index is 5.35. The topological polar surface area (TPSA) is 21.3 Å². The van der Waals surface area contributed by atoms with Crippen molar-refractivity contribution in [1.29, 1.82) is 0 Å². The van der Waals surface area contributed by atoms with E-state index in [0.717, 1.165) is 12.3 Å². The van der Waals surface area contributed by atoms with Crippen molar-refractivity contribution in [3.8, 4) is 5.75 Å². The molecule has 0 bridgehead atoms. The first-order valence-corrected chi connectivity index (χ1v) is 4.90. The Hall–Kier alpha value is -1.02. The van der Waals surface area contributed by atoms with Gasteiger partial charge >= 0.3 is 0 Å². The van der Waals surface area contributed by atoms with Crippen LogP contribution in [0.25, 0.3) is 0 Å². The molecule has 1 N–H and O–H groups in total. The summed E-state index contributed by atoms with van der Waals surface area (Å²) in [4.78, 5) is 0. The number of likely N-dealkylation sites (N-methyl/N-ethyl adjacent to an activating group) is 1. The number of hydrogen-bond donors (Lipinski definition) is 1. The summed E-state index contributed by atoms with van der Waals surface area (Å²) >= 11 is 0. The van der Waals surface area contributed by atoms with Gasteiger partial charge < -0.3 is 10.1 Å². The number of ether oxygens (including phenoxy) is 1. The minimum absolute atomic E-state index is 0.0986. The fraction of sp³-hybridized carbons (Fsp3) is 0.500. The summed E-state index contributed by atoms with van der Waals surface area (Å²) in [6.07, 6.45) is 0. The molecule has 0 radical (unpaired) electrons. The van der Waals surface area contributed by atoms with Crippen molar-refractivity contribution in [2.24, 2.45) is 0 Å². The third kappa shape index (κ3) is 2.26. The van der Waals surface area contributed by atoms with Gasteiger partial charge in [-0.25, -0.2) is 0 Å². The maximum Gasteiger partial charge on any atom is 0.122 e. The van der Waals surface area contributed by atoms with Crippen molar-refractivity contribution >= 4 is 0 Å². The average Bonchev–Trinajstić information content (AvgIpc) is 2.18. The van der Waals surface area contributed by atoms with E-state index in [-0.39, 0.29) is 5.41 Å². The smallest absolute Gasteiger partial charge is 0.122 e. The first-order chi connectivity index (χ1) is 6.61. The van der Waals surface area contributed by atoms with E-state index in [1.807, 2.05) is 19.2 Å². The molecule has 0 aliphatic rings. The van der Waals surface area contributed by atoms with Crippen LogP contribution < -0.4 is 10.1 Å². The molecule has 2 nitrogen and oxygen atoms in total. The molecule has 0 aromatic heterocycles. The monoisotopic (exact) mass is 193 g/mol. The molecule has 0 amide bonds. The molecule has 0 aliphatic heterocycles. The third-order valence-electron chi connectivity index (χ3n) is 2.45. The summed E-state index contributed by atoms with van der Waals surface area (Å²) in [5.74, 6) is 0.966. The van der Waals surface area contributed by atoms with Crippen LogP contribution in [0.1, 0.15) is 19.4 Å². The predicted octanol–water partition coefficient (Wildman–Crippen LogP) is 2.19. The number of nitrogens with one attached hydrogen (secondary N) is 1. The zero-order valence-corrected chi connectivity index (χ0v) is 9.42. The van der Waals surface area contributed by atoms with Crippen LogP contribution in [0.2, 0.25) is 0 Å². The standard InChI is InChI=1S/C12H19NO/c1-12(2,9-13-3)10-7-5-6-8-11(10)14-4/h5-8,13H,9H2,1-4H3. The Balaban J connectivity index is 3.04. The van der Waals surface area contributed by atoms with Gasteiger partial charge in [0.15, 0.2) is 0 Å². The fourth-order valence-corrected chi connectivity index (χ4v) is 1.74. The van der Waals surface area contributed by atoms with Crippen LogP contribution in [0, 0.1) is 0 Å². The first-order valence-electron chi connectivity index (χ1n) is 4.90. The highest BCUT2D eigenvalue weighted by Gasteiger charge is 2.22. The van der Waals surface area contributed by atoms with Crippen LogP contribution in [0.4, 0.5) is 0 Å². The molecule has 1 aromatic carbocycles. The Bertz CT molecular complexity index is 294. The van der Waals surface area contributed by atoms with Gasteiger partial charge in [-0.05, 0) is 13.1 Å². The van der Waals surface area contributed by atoms with Gasteiger partial charge in [0.25, 0.3) is 0 Å². The summed E-state index contributed by atoms with van der Waals surface area (Å²) in [5.41, 5.74) is 1.35. The molecule has 2 heteroatoms. The number of rotatable bonds is 4. The molecule has 78 valence electrons. The normalized spacial score (nSPS) is 11.4. The molecular formula is C12H19NO. The average molecular weight is 193 g/mol. The molecule has 0 saturated heterocycles. The van der Waals surface area contributed by atoms with Crippen molar-refractivity contribution in [2.45, 2.75) is 19.3 Å². The quantitative estimate of drug-likeness (QED) is 0.791. The highest BCUT2D eigenvalue weighted by atomic mass is 16.5. The Morgan fingerprint density at radius 1 is 1.29 bits per heavy atom. The van der Waals surface area contributed by atoms with Gasteiger partial charge in [-0.3, -0.25) is 0 Å². The van der Waals surface area contributed by atoms with E-state index in [1.165, 1.54) is 5.56 Å². The molecular weight excluding hydrogens is 174 g/mol. The number of methoxy groups -OCH3 is 1. The third-order valence-corrected chi connectivity index (χ3v) is 2.45. The molecule has 0 spiro atoms. The second kappa shape index (κ2) is 4.47. The highest BCUT2D eigenvalue weighted by molar-refractivity contribution is 5.38. The van der Waals surface area contributed by atoms with Crippen molar-refractivity contribution in [3.05, 3.63) is 29.8 Å². The summed E-state index contributed by atoms with van der Waals surface area (Å²) in [6, 6.07) is 8.18. The van der Waals surface area contributed by atoms with Crippen LogP contribution in [0.5, 0.6) is 5.75 Å². The second-order valence-electron chi connectivity index (χ2n) is 4.11. The van der Waals surface area contributed by atoms with Gasteiger partial charge in [0.05, 0.1) is 7.11 Å². The second-order valence-corrected chi connectivity index (χ2v) is 4.11. The molecule has 1 aromatic rings. The molecule has 0 saturated carbocycles. The van der Waals surface area contributed by atoms with E-state index < -0.39 is 0 Å². The lowest BCUT2D eigenvalue weighted by atomic mass is 9.84. The van der Waals surface area contributed by atoms with Crippen molar-refractivity contribution in [1.82, 2.24) is 5.32 Å². The predicted molar refractivity (Wildman–Crippen MR) is 59.9 cm³/mol. The summed E-state index contributed by atoms with van der Waals surface area (Å²) in [5, 5.41) is 3.20. The maximum absolute atomic E-state index is 5.35.